The van der Waals surface area contributed by atoms with E-state index in [9.17, 15) is 9.90 Å². The molecule has 0 saturated carbocycles. The van der Waals surface area contributed by atoms with Gasteiger partial charge in [-0.25, -0.2) is 0 Å². The van der Waals surface area contributed by atoms with Crippen molar-refractivity contribution in [3.05, 3.63) is 0 Å². The summed E-state index contributed by atoms with van der Waals surface area (Å²) in [6.45, 7) is 6.26. The van der Waals surface area contributed by atoms with Crippen LogP contribution in [0.5, 0.6) is 0 Å². The summed E-state index contributed by atoms with van der Waals surface area (Å²) < 4.78 is 5.20. The van der Waals surface area contributed by atoms with Gasteiger partial charge in [-0.2, -0.15) is 0 Å². The SMILES string of the molecule is CCCC(C(=O)OCC)C1(O)CCN2CCCCC21. The molecular weight excluding hydrogens is 242 g/mol. The van der Waals surface area contributed by atoms with Gasteiger partial charge in [0.05, 0.1) is 18.1 Å². The molecule has 4 nitrogen and oxygen atoms in total. The number of carbonyl (C=O) groups excluding carboxylic acids is 1. The van der Waals surface area contributed by atoms with Gasteiger partial charge in [0.1, 0.15) is 0 Å². The van der Waals surface area contributed by atoms with E-state index in [0.717, 1.165) is 38.8 Å². The molecule has 2 aliphatic heterocycles. The van der Waals surface area contributed by atoms with Gasteiger partial charge in [-0.15, -0.1) is 0 Å². The van der Waals surface area contributed by atoms with Crippen molar-refractivity contribution in [3.63, 3.8) is 0 Å². The van der Waals surface area contributed by atoms with E-state index < -0.39 is 5.60 Å². The molecule has 2 fully saturated rings. The van der Waals surface area contributed by atoms with Gasteiger partial charge in [0.25, 0.3) is 0 Å². The molecule has 4 heteroatoms. The number of nitrogens with zero attached hydrogens (tertiary/aromatic N) is 1. The maximum Gasteiger partial charge on any atom is 0.311 e. The molecule has 2 saturated heterocycles. The molecule has 19 heavy (non-hydrogen) atoms. The second kappa shape index (κ2) is 6.23. The van der Waals surface area contributed by atoms with Crippen LogP contribution in [0.1, 0.15) is 52.4 Å². The molecule has 3 atom stereocenters. The van der Waals surface area contributed by atoms with E-state index in [-0.39, 0.29) is 17.9 Å². The first-order valence-electron chi connectivity index (χ1n) is 7.76. The van der Waals surface area contributed by atoms with Crippen LogP contribution in [0, 0.1) is 5.92 Å². The fraction of sp³-hybridized carbons (Fsp3) is 0.933. The van der Waals surface area contributed by atoms with Crippen LogP contribution < -0.4 is 0 Å². The molecule has 0 aliphatic carbocycles. The van der Waals surface area contributed by atoms with Crippen LogP contribution in [0.15, 0.2) is 0 Å². The summed E-state index contributed by atoms with van der Waals surface area (Å²) >= 11 is 0. The average molecular weight is 269 g/mol. The Hall–Kier alpha value is -0.610. The van der Waals surface area contributed by atoms with E-state index in [4.69, 9.17) is 4.74 Å². The fourth-order valence-electron chi connectivity index (χ4n) is 3.82. The number of hydrogen-bond acceptors (Lipinski definition) is 4. The van der Waals surface area contributed by atoms with Gasteiger partial charge in [-0.1, -0.05) is 19.8 Å². The quantitative estimate of drug-likeness (QED) is 0.775. The molecule has 0 spiro atoms. The summed E-state index contributed by atoms with van der Waals surface area (Å²) in [7, 11) is 0. The number of rotatable bonds is 5. The van der Waals surface area contributed by atoms with Crippen LogP contribution in [-0.2, 0) is 9.53 Å². The molecule has 0 radical (unpaired) electrons. The number of ether oxygens (including phenoxy) is 1. The molecule has 2 heterocycles. The van der Waals surface area contributed by atoms with Crippen LogP contribution in [0.2, 0.25) is 0 Å². The van der Waals surface area contributed by atoms with E-state index in [1.54, 1.807) is 0 Å². The third kappa shape index (κ3) is 2.79. The van der Waals surface area contributed by atoms with Gasteiger partial charge in [-0.3, -0.25) is 9.69 Å². The summed E-state index contributed by atoms with van der Waals surface area (Å²) in [6.07, 6.45) is 5.71. The van der Waals surface area contributed by atoms with Crippen LogP contribution in [0.25, 0.3) is 0 Å². The Kier molecular flexibility index (Phi) is 4.85. The van der Waals surface area contributed by atoms with E-state index in [0.29, 0.717) is 13.0 Å². The van der Waals surface area contributed by atoms with Crippen molar-refractivity contribution < 1.29 is 14.6 Å². The van der Waals surface area contributed by atoms with Gasteiger partial charge in [0.15, 0.2) is 0 Å². The first-order valence-corrected chi connectivity index (χ1v) is 7.76. The third-order valence-electron chi connectivity index (χ3n) is 4.74. The first kappa shape index (κ1) is 14.8. The van der Waals surface area contributed by atoms with E-state index >= 15 is 0 Å². The second-order valence-corrected chi connectivity index (χ2v) is 5.88. The zero-order valence-corrected chi connectivity index (χ0v) is 12.2. The van der Waals surface area contributed by atoms with Gasteiger partial charge in [-0.05, 0) is 39.2 Å². The Morgan fingerprint density at radius 1 is 1.42 bits per heavy atom. The summed E-state index contributed by atoms with van der Waals surface area (Å²) in [5.74, 6) is -0.565. The van der Waals surface area contributed by atoms with Crippen molar-refractivity contribution in [2.24, 2.45) is 5.92 Å². The monoisotopic (exact) mass is 269 g/mol. The molecule has 0 aromatic carbocycles. The molecule has 3 unspecified atom stereocenters. The predicted molar refractivity (Wildman–Crippen MR) is 73.8 cm³/mol. The van der Waals surface area contributed by atoms with Crippen molar-refractivity contribution in [1.29, 1.82) is 0 Å². The van der Waals surface area contributed by atoms with E-state index in [1.165, 1.54) is 6.42 Å². The normalized spacial score (nSPS) is 32.9. The lowest BCUT2D eigenvalue weighted by Gasteiger charge is -2.40. The molecule has 110 valence electrons. The maximum absolute atomic E-state index is 12.2. The van der Waals surface area contributed by atoms with Gasteiger partial charge in [0.2, 0.25) is 0 Å². The number of carbonyl (C=O) groups is 1. The lowest BCUT2D eigenvalue weighted by Crippen LogP contribution is -2.53. The summed E-state index contributed by atoms with van der Waals surface area (Å²) in [5.41, 5.74) is -0.872. The Bertz CT molecular complexity index is 321. The smallest absolute Gasteiger partial charge is 0.311 e. The Balaban J connectivity index is 2.16. The highest BCUT2D eigenvalue weighted by Crippen LogP contribution is 2.41. The number of fused-ring (bicyclic) bond motifs is 1. The largest absolute Gasteiger partial charge is 0.466 e. The predicted octanol–water partition coefficient (Wildman–Crippen LogP) is 1.96. The summed E-state index contributed by atoms with van der Waals surface area (Å²) in [6, 6.07) is 0.155. The third-order valence-corrected chi connectivity index (χ3v) is 4.74. The van der Waals surface area contributed by atoms with Crippen molar-refractivity contribution in [1.82, 2.24) is 4.90 Å². The van der Waals surface area contributed by atoms with Gasteiger partial charge < -0.3 is 9.84 Å². The Morgan fingerprint density at radius 2 is 2.21 bits per heavy atom. The van der Waals surface area contributed by atoms with Crippen molar-refractivity contribution in [2.45, 2.75) is 64.0 Å². The summed E-state index contributed by atoms with van der Waals surface area (Å²) in [4.78, 5) is 14.6. The lowest BCUT2D eigenvalue weighted by molar-refractivity contribution is -0.162. The number of esters is 1. The number of aliphatic hydroxyl groups is 1. The molecule has 0 bridgehead atoms. The first-order chi connectivity index (χ1) is 9.13. The van der Waals surface area contributed by atoms with Crippen molar-refractivity contribution in [2.75, 3.05) is 19.7 Å². The Morgan fingerprint density at radius 3 is 2.89 bits per heavy atom. The lowest BCUT2D eigenvalue weighted by atomic mass is 9.76. The van der Waals surface area contributed by atoms with E-state index in [1.807, 2.05) is 6.92 Å². The fourth-order valence-corrected chi connectivity index (χ4v) is 3.82. The molecule has 2 rings (SSSR count). The van der Waals surface area contributed by atoms with Gasteiger partial charge in [0, 0.05) is 12.6 Å². The second-order valence-electron chi connectivity index (χ2n) is 5.88. The van der Waals surface area contributed by atoms with Crippen molar-refractivity contribution >= 4 is 5.97 Å². The van der Waals surface area contributed by atoms with Crippen molar-refractivity contribution in [3.8, 4) is 0 Å². The minimum Gasteiger partial charge on any atom is -0.466 e. The number of piperidine rings is 1. The van der Waals surface area contributed by atoms with E-state index in [2.05, 4.69) is 11.8 Å². The highest BCUT2D eigenvalue weighted by molar-refractivity contribution is 5.74. The minimum absolute atomic E-state index is 0.155. The van der Waals surface area contributed by atoms with Crippen LogP contribution in [-0.4, -0.2) is 47.3 Å². The topological polar surface area (TPSA) is 49.8 Å². The highest BCUT2D eigenvalue weighted by atomic mass is 16.5. The van der Waals surface area contributed by atoms with Crippen LogP contribution >= 0.6 is 0 Å². The summed E-state index contributed by atoms with van der Waals surface area (Å²) in [5, 5.41) is 11.1. The zero-order chi connectivity index (χ0) is 13.9. The van der Waals surface area contributed by atoms with Gasteiger partial charge >= 0.3 is 5.97 Å². The zero-order valence-electron chi connectivity index (χ0n) is 12.2. The van der Waals surface area contributed by atoms with Crippen LogP contribution in [0.4, 0.5) is 0 Å². The molecule has 0 aromatic heterocycles. The Labute approximate surface area is 116 Å². The number of hydrogen-bond donors (Lipinski definition) is 1. The maximum atomic E-state index is 12.2. The average Bonchev–Trinajstić information content (AvgIpc) is 2.75. The molecular formula is C15H27NO3. The van der Waals surface area contributed by atoms with Crippen LogP contribution in [0.3, 0.4) is 0 Å². The molecule has 0 aromatic rings. The standard InChI is InChI=1S/C15H27NO3/c1-3-7-12(14(17)19-4-2)15(18)9-11-16-10-6-5-8-13(15)16/h12-13,18H,3-11H2,1-2H3. The molecule has 2 aliphatic rings. The minimum atomic E-state index is -0.872. The molecule has 1 N–H and O–H groups in total. The highest BCUT2D eigenvalue weighted by Gasteiger charge is 2.53. The molecule has 0 amide bonds.